The highest BCUT2D eigenvalue weighted by Crippen LogP contribution is 2.29. The normalized spacial score (nSPS) is 12.2. The van der Waals surface area contributed by atoms with Crippen LogP contribution in [0.25, 0.3) is 0 Å². The molecule has 0 bridgehead atoms. The summed E-state index contributed by atoms with van der Waals surface area (Å²) in [4.78, 5) is 3.57. The van der Waals surface area contributed by atoms with Crippen molar-refractivity contribution in [2.24, 2.45) is 0 Å². The smallest absolute Gasteiger partial charge is 0.171 e. The lowest BCUT2D eigenvalue weighted by molar-refractivity contribution is 0.208. The molecule has 94 valence electrons. The van der Waals surface area contributed by atoms with E-state index in [1.165, 1.54) is 37.6 Å². The molecule has 0 aliphatic carbocycles. The predicted octanol–water partition coefficient (Wildman–Crippen LogP) is 2.45. The summed E-state index contributed by atoms with van der Waals surface area (Å²) >= 11 is 0. The van der Waals surface area contributed by atoms with E-state index in [1.807, 2.05) is 0 Å². The van der Waals surface area contributed by atoms with Crippen molar-refractivity contribution in [2.45, 2.75) is 6.10 Å². The van der Waals surface area contributed by atoms with Crippen molar-refractivity contribution in [1.82, 2.24) is 4.98 Å². The van der Waals surface area contributed by atoms with Crippen LogP contribution >= 0.6 is 0 Å². The number of ether oxygens (including phenoxy) is 1. The van der Waals surface area contributed by atoms with Crippen molar-refractivity contribution >= 4 is 0 Å². The highest BCUT2D eigenvalue weighted by molar-refractivity contribution is 5.37. The Labute approximate surface area is 103 Å². The number of pyridine rings is 1. The van der Waals surface area contributed by atoms with Gasteiger partial charge in [-0.3, -0.25) is 4.98 Å². The van der Waals surface area contributed by atoms with Crippen molar-refractivity contribution in [3.8, 4) is 5.75 Å². The monoisotopic (exact) mass is 251 g/mol. The lowest BCUT2D eigenvalue weighted by atomic mass is 10.0. The van der Waals surface area contributed by atoms with E-state index in [1.54, 1.807) is 0 Å². The van der Waals surface area contributed by atoms with Crippen LogP contribution in [0.5, 0.6) is 5.75 Å². The molecular formula is C13H11F2NO2. The van der Waals surface area contributed by atoms with Crippen molar-refractivity contribution in [3.63, 3.8) is 0 Å². The molecule has 1 heterocycles. The van der Waals surface area contributed by atoms with Gasteiger partial charge in [-0.05, 0) is 12.1 Å². The Balaban J connectivity index is 2.47. The molecular weight excluding hydrogens is 240 g/mol. The van der Waals surface area contributed by atoms with Gasteiger partial charge < -0.3 is 9.84 Å². The van der Waals surface area contributed by atoms with Gasteiger partial charge in [-0.1, -0.05) is 12.1 Å². The Morgan fingerprint density at radius 3 is 2.67 bits per heavy atom. The van der Waals surface area contributed by atoms with Gasteiger partial charge in [0.05, 0.1) is 13.3 Å². The van der Waals surface area contributed by atoms with E-state index >= 15 is 0 Å². The van der Waals surface area contributed by atoms with Gasteiger partial charge in [0.15, 0.2) is 11.6 Å². The van der Waals surface area contributed by atoms with Crippen LogP contribution in [-0.4, -0.2) is 17.2 Å². The standard InChI is InChI=1S/C13H11F2NO2/c1-18-11-4-2-3-9(12(11)15)13(17)8-5-6-16-7-10(8)14/h2-7,13,17H,1H3. The molecule has 2 rings (SSSR count). The Bertz CT molecular complexity index is 560. The summed E-state index contributed by atoms with van der Waals surface area (Å²) in [6, 6.07) is 5.63. The number of hydrogen-bond acceptors (Lipinski definition) is 3. The van der Waals surface area contributed by atoms with Gasteiger partial charge in [0.1, 0.15) is 11.9 Å². The lowest BCUT2D eigenvalue weighted by Crippen LogP contribution is -2.06. The molecule has 1 N–H and O–H groups in total. The van der Waals surface area contributed by atoms with E-state index in [2.05, 4.69) is 4.98 Å². The van der Waals surface area contributed by atoms with E-state index in [-0.39, 0.29) is 16.9 Å². The van der Waals surface area contributed by atoms with Crippen molar-refractivity contribution in [2.75, 3.05) is 7.11 Å². The minimum absolute atomic E-state index is 0.000939. The quantitative estimate of drug-likeness (QED) is 0.911. The summed E-state index contributed by atoms with van der Waals surface area (Å²) in [6.45, 7) is 0. The number of rotatable bonds is 3. The molecule has 0 spiro atoms. The van der Waals surface area contributed by atoms with Gasteiger partial charge in [0.2, 0.25) is 0 Å². The summed E-state index contributed by atoms with van der Waals surface area (Å²) in [5.74, 6) is -1.39. The van der Waals surface area contributed by atoms with Crippen LogP contribution in [0.15, 0.2) is 36.7 Å². The first-order valence-corrected chi connectivity index (χ1v) is 5.25. The molecule has 18 heavy (non-hydrogen) atoms. The molecule has 0 aliphatic rings. The van der Waals surface area contributed by atoms with Crippen molar-refractivity contribution in [3.05, 3.63) is 59.4 Å². The zero-order chi connectivity index (χ0) is 13.1. The Morgan fingerprint density at radius 2 is 2.00 bits per heavy atom. The van der Waals surface area contributed by atoms with Crippen LogP contribution < -0.4 is 4.74 Å². The molecule has 1 atom stereocenters. The SMILES string of the molecule is COc1cccc(C(O)c2ccncc2F)c1F. The van der Waals surface area contributed by atoms with Gasteiger partial charge in [0.25, 0.3) is 0 Å². The first-order valence-electron chi connectivity index (χ1n) is 5.25. The largest absolute Gasteiger partial charge is 0.494 e. The van der Waals surface area contributed by atoms with Crippen LogP contribution in [0.4, 0.5) is 8.78 Å². The molecule has 1 aromatic carbocycles. The number of aliphatic hydroxyl groups is 1. The highest BCUT2D eigenvalue weighted by atomic mass is 19.1. The predicted molar refractivity (Wildman–Crippen MR) is 61.2 cm³/mol. The zero-order valence-corrected chi connectivity index (χ0v) is 9.60. The summed E-state index contributed by atoms with van der Waals surface area (Å²) in [5, 5.41) is 10.0. The molecule has 5 heteroatoms. The average molecular weight is 251 g/mol. The number of aliphatic hydroxyl groups excluding tert-OH is 1. The Morgan fingerprint density at radius 1 is 1.22 bits per heavy atom. The van der Waals surface area contributed by atoms with Crippen LogP contribution in [0.2, 0.25) is 0 Å². The summed E-state index contributed by atoms with van der Waals surface area (Å²) in [5.41, 5.74) is -0.0726. The first-order chi connectivity index (χ1) is 8.65. The summed E-state index contributed by atoms with van der Waals surface area (Å²) < 4.78 is 32.2. The molecule has 2 aromatic rings. The first kappa shape index (κ1) is 12.4. The molecule has 0 saturated carbocycles. The fraction of sp³-hybridized carbons (Fsp3) is 0.154. The van der Waals surface area contributed by atoms with Gasteiger partial charge in [-0.25, -0.2) is 8.78 Å². The van der Waals surface area contributed by atoms with E-state index in [0.717, 1.165) is 6.20 Å². The van der Waals surface area contributed by atoms with Crippen LogP contribution in [0, 0.1) is 11.6 Å². The molecule has 1 unspecified atom stereocenters. The number of benzene rings is 1. The molecule has 0 aliphatic heterocycles. The maximum Gasteiger partial charge on any atom is 0.171 e. The van der Waals surface area contributed by atoms with Gasteiger partial charge in [-0.15, -0.1) is 0 Å². The highest BCUT2D eigenvalue weighted by Gasteiger charge is 2.20. The fourth-order valence-electron chi connectivity index (χ4n) is 1.67. The number of hydrogen-bond donors (Lipinski definition) is 1. The topological polar surface area (TPSA) is 42.4 Å². The van der Waals surface area contributed by atoms with Gasteiger partial charge in [-0.2, -0.15) is 0 Å². The number of methoxy groups -OCH3 is 1. The van der Waals surface area contributed by atoms with E-state index in [4.69, 9.17) is 4.74 Å². The lowest BCUT2D eigenvalue weighted by Gasteiger charge is -2.14. The molecule has 0 amide bonds. The van der Waals surface area contributed by atoms with Crippen LogP contribution in [-0.2, 0) is 0 Å². The second kappa shape index (κ2) is 5.10. The van der Waals surface area contributed by atoms with Crippen molar-refractivity contribution in [1.29, 1.82) is 0 Å². The molecule has 1 aromatic heterocycles. The zero-order valence-electron chi connectivity index (χ0n) is 9.60. The second-order valence-electron chi connectivity index (χ2n) is 3.66. The maximum absolute atomic E-state index is 13.9. The van der Waals surface area contributed by atoms with E-state index in [0.29, 0.717) is 0 Å². The number of halogens is 2. The summed E-state index contributed by atoms with van der Waals surface area (Å²) in [6.07, 6.45) is 0.902. The third-order valence-electron chi connectivity index (χ3n) is 2.61. The summed E-state index contributed by atoms with van der Waals surface area (Å²) in [7, 11) is 1.32. The molecule has 0 fully saturated rings. The minimum Gasteiger partial charge on any atom is -0.494 e. The second-order valence-corrected chi connectivity index (χ2v) is 3.66. The third-order valence-corrected chi connectivity index (χ3v) is 2.61. The van der Waals surface area contributed by atoms with E-state index in [9.17, 15) is 13.9 Å². The third kappa shape index (κ3) is 2.17. The maximum atomic E-state index is 13.9. The fourth-order valence-corrected chi connectivity index (χ4v) is 1.67. The molecule has 3 nitrogen and oxygen atoms in total. The molecule has 0 saturated heterocycles. The van der Waals surface area contributed by atoms with Crippen molar-refractivity contribution < 1.29 is 18.6 Å². The van der Waals surface area contributed by atoms with Gasteiger partial charge in [0, 0.05) is 17.3 Å². The number of aromatic nitrogens is 1. The van der Waals surface area contributed by atoms with Crippen LogP contribution in [0.1, 0.15) is 17.2 Å². The van der Waals surface area contributed by atoms with E-state index < -0.39 is 17.7 Å². The number of nitrogens with zero attached hydrogens (tertiary/aromatic N) is 1. The van der Waals surface area contributed by atoms with Crippen LogP contribution in [0.3, 0.4) is 0 Å². The van der Waals surface area contributed by atoms with Gasteiger partial charge >= 0.3 is 0 Å². The average Bonchev–Trinajstić information content (AvgIpc) is 2.39. The minimum atomic E-state index is -1.40. The molecule has 0 radical (unpaired) electrons. The Hall–Kier alpha value is -2.01. The Kier molecular flexibility index (Phi) is 3.53.